The number of ether oxygens (including phenoxy) is 2. The van der Waals surface area contributed by atoms with E-state index >= 15 is 0 Å². The molecular weight excluding hydrogens is 326 g/mol. The maximum Gasteiger partial charge on any atom is 0.145 e. The molecule has 1 fully saturated rings. The highest BCUT2D eigenvalue weighted by Gasteiger charge is 2.19. The van der Waals surface area contributed by atoms with Crippen LogP contribution in [-0.2, 0) is 6.61 Å². The van der Waals surface area contributed by atoms with E-state index < -0.39 is 0 Å². The SMILES string of the molecule is COc1cc(OCc2ccccc2)ccc1N1CCN(CCCN)CC1. The van der Waals surface area contributed by atoms with Gasteiger partial charge in [-0.3, -0.25) is 4.90 Å². The van der Waals surface area contributed by atoms with E-state index in [1.807, 2.05) is 30.3 Å². The molecule has 1 aliphatic heterocycles. The van der Waals surface area contributed by atoms with Crippen molar-refractivity contribution >= 4 is 5.69 Å². The first-order valence-electron chi connectivity index (χ1n) is 9.32. The van der Waals surface area contributed by atoms with Gasteiger partial charge in [0.25, 0.3) is 0 Å². The van der Waals surface area contributed by atoms with Gasteiger partial charge in [-0.05, 0) is 37.2 Å². The maximum absolute atomic E-state index is 5.92. The molecule has 26 heavy (non-hydrogen) atoms. The fourth-order valence-corrected chi connectivity index (χ4v) is 3.28. The second-order valence-electron chi connectivity index (χ2n) is 6.58. The number of nitrogens with zero attached hydrogens (tertiary/aromatic N) is 2. The van der Waals surface area contributed by atoms with Crippen LogP contribution in [0.3, 0.4) is 0 Å². The summed E-state index contributed by atoms with van der Waals surface area (Å²) in [5.41, 5.74) is 7.91. The van der Waals surface area contributed by atoms with Crippen LogP contribution >= 0.6 is 0 Å². The third kappa shape index (κ3) is 4.90. The van der Waals surface area contributed by atoms with Gasteiger partial charge in [0.15, 0.2) is 0 Å². The van der Waals surface area contributed by atoms with Crippen LogP contribution < -0.4 is 20.1 Å². The van der Waals surface area contributed by atoms with Gasteiger partial charge in [0, 0.05) is 32.2 Å². The molecule has 5 nitrogen and oxygen atoms in total. The lowest BCUT2D eigenvalue weighted by Crippen LogP contribution is -2.47. The molecule has 1 heterocycles. The molecule has 0 amide bonds. The summed E-state index contributed by atoms with van der Waals surface area (Å²) >= 11 is 0. The molecule has 0 saturated carbocycles. The number of rotatable bonds is 8. The zero-order valence-corrected chi connectivity index (χ0v) is 15.6. The summed E-state index contributed by atoms with van der Waals surface area (Å²) in [6.07, 6.45) is 1.07. The van der Waals surface area contributed by atoms with E-state index in [9.17, 15) is 0 Å². The van der Waals surface area contributed by atoms with Crippen LogP contribution in [0.5, 0.6) is 11.5 Å². The molecule has 3 rings (SSSR count). The topological polar surface area (TPSA) is 51.0 Å². The number of benzene rings is 2. The monoisotopic (exact) mass is 355 g/mol. The summed E-state index contributed by atoms with van der Waals surface area (Å²) in [6, 6.07) is 16.3. The van der Waals surface area contributed by atoms with E-state index in [1.54, 1.807) is 7.11 Å². The van der Waals surface area contributed by atoms with Crippen LogP contribution in [0.1, 0.15) is 12.0 Å². The van der Waals surface area contributed by atoms with Crippen molar-refractivity contribution in [3.05, 3.63) is 54.1 Å². The Balaban J connectivity index is 1.60. The van der Waals surface area contributed by atoms with Gasteiger partial charge in [0.05, 0.1) is 12.8 Å². The number of methoxy groups -OCH3 is 1. The molecular formula is C21H29N3O2. The molecule has 0 aliphatic carbocycles. The smallest absolute Gasteiger partial charge is 0.145 e. The first kappa shape index (κ1) is 18.5. The molecule has 5 heteroatoms. The molecule has 2 aromatic carbocycles. The molecule has 0 spiro atoms. The van der Waals surface area contributed by atoms with Gasteiger partial charge in [-0.2, -0.15) is 0 Å². The van der Waals surface area contributed by atoms with Gasteiger partial charge in [-0.25, -0.2) is 0 Å². The highest BCUT2D eigenvalue weighted by molar-refractivity contribution is 5.61. The number of hydrogen-bond acceptors (Lipinski definition) is 5. The van der Waals surface area contributed by atoms with Crippen molar-refractivity contribution in [2.75, 3.05) is 51.3 Å². The third-order valence-corrected chi connectivity index (χ3v) is 4.79. The van der Waals surface area contributed by atoms with Gasteiger partial charge in [-0.15, -0.1) is 0 Å². The van der Waals surface area contributed by atoms with Crippen LogP contribution in [-0.4, -0.2) is 51.3 Å². The Morgan fingerprint density at radius 1 is 1.00 bits per heavy atom. The highest BCUT2D eigenvalue weighted by Crippen LogP contribution is 2.33. The molecule has 140 valence electrons. The molecule has 2 N–H and O–H groups in total. The minimum absolute atomic E-state index is 0.559. The standard InChI is InChI=1S/C21H29N3O2/c1-25-21-16-19(26-17-18-6-3-2-4-7-18)8-9-20(21)24-14-12-23(13-15-24)11-5-10-22/h2-4,6-9,16H,5,10-15,17,22H2,1H3. The van der Waals surface area contributed by atoms with Crippen molar-refractivity contribution in [3.63, 3.8) is 0 Å². The van der Waals surface area contributed by atoms with Crippen LogP contribution in [0, 0.1) is 0 Å². The molecule has 0 atom stereocenters. The average Bonchev–Trinajstić information content (AvgIpc) is 2.71. The van der Waals surface area contributed by atoms with Crippen molar-refractivity contribution in [1.29, 1.82) is 0 Å². The lowest BCUT2D eigenvalue weighted by molar-refractivity contribution is 0.255. The van der Waals surface area contributed by atoms with Crippen LogP contribution in [0.15, 0.2) is 48.5 Å². The van der Waals surface area contributed by atoms with Gasteiger partial charge in [-0.1, -0.05) is 30.3 Å². The van der Waals surface area contributed by atoms with E-state index in [2.05, 4.69) is 28.0 Å². The fourth-order valence-electron chi connectivity index (χ4n) is 3.28. The lowest BCUT2D eigenvalue weighted by Gasteiger charge is -2.36. The quantitative estimate of drug-likeness (QED) is 0.789. The summed E-state index contributed by atoms with van der Waals surface area (Å²) in [5.74, 6) is 1.70. The zero-order valence-electron chi connectivity index (χ0n) is 15.6. The fraction of sp³-hybridized carbons (Fsp3) is 0.429. The minimum Gasteiger partial charge on any atom is -0.494 e. The Bertz CT molecular complexity index is 670. The third-order valence-electron chi connectivity index (χ3n) is 4.79. The number of piperazine rings is 1. The largest absolute Gasteiger partial charge is 0.494 e. The van der Waals surface area contributed by atoms with E-state index in [1.165, 1.54) is 0 Å². The number of nitrogens with two attached hydrogens (primary N) is 1. The van der Waals surface area contributed by atoms with Gasteiger partial charge < -0.3 is 20.1 Å². The van der Waals surface area contributed by atoms with Gasteiger partial charge >= 0.3 is 0 Å². The van der Waals surface area contributed by atoms with Crippen molar-refractivity contribution in [2.24, 2.45) is 5.73 Å². The van der Waals surface area contributed by atoms with Crippen LogP contribution in [0.25, 0.3) is 0 Å². The molecule has 1 saturated heterocycles. The molecule has 0 unspecified atom stereocenters. The van der Waals surface area contributed by atoms with E-state index in [0.29, 0.717) is 6.61 Å². The summed E-state index contributed by atoms with van der Waals surface area (Å²) in [4.78, 5) is 4.87. The predicted octanol–water partition coefficient (Wildman–Crippen LogP) is 2.75. The molecule has 0 bridgehead atoms. The minimum atomic E-state index is 0.559. The summed E-state index contributed by atoms with van der Waals surface area (Å²) in [6.45, 7) is 6.55. The lowest BCUT2D eigenvalue weighted by atomic mass is 10.2. The Hall–Kier alpha value is -2.24. The molecule has 1 aliphatic rings. The van der Waals surface area contributed by atoms with E-state index in [-0.39, 0.29) is 0 Å². The Morgan fingerprint density at radius 2 is 1.77 bits per heavy atom. The van der Waals surface area contributed by atoms with E-state index in [4.69, 9.17) is 15.2 Å². The Labute approximate surface area is 156 Å². The first-order valence-corrected chi connectivity index (χ1v) is 9.32. The Kier molecular flexibility index (Phi) is 6.75. The van der Waals surface area contributed by atoms with Crippen LogP contribution in [0.2, 0.25) is 0 Å². The van der Waals surface area contributed by atoms with Crippen molar-refractivity contribution in [1.82, 2.24) is 4.90 Å². The predicted molar refractivity (Wildman–Crippen MR) is 106 cm³/mol. The second-order valence-corrected chi connectivity index (χ2v) is 6.58. The first-order chi connectivity index (χ1) is 12.8. The highest BCUT2D eigenvalue weighted by atomic mass is 16.5. The number of hydrogen-bond donors (Lipinski definition) is 1. The number of anilines is 1. The van der Waals surface area contributed by atoms with Crippen molar-refractivity contribution in [3.8, 4) is 11.5 Å². The van der Waals surface area contributed by atoms with Crippen molar-refractivity contribution < 1.29 is 9.47 Å². The van der Waals surface area contributed by atoms with E-state index in [0.717, 1.165) is 68.4 Å². The summed E-state index contributed by atoms with van der Waals surface area (Å²) < 4.78 is 11.6. The molecule has 0 radical (unpaired) electrons. The second kappa shape index (κ2) is 9.46. The van der Waals surface area contributed by atoms with Crippen LogP contribution in [0.4, 0.5) is 5.69 Å². The molecule has 0 aromatic heterocycles. The summed E-state index contributed by atoms with van der Waals surface area (Å²) in [5, 5.41) is 0. The maximum atomic E-state index is 5.92. The molecule has 2 aromatic rings. The normalized spacial score (nSPS) is 15.1. The van der Waals surface area contributed by atoms with Gasteiger partial charge in [0.2, 0.25) is 0 Å². The zero-order chi connectivity index (χ0) is 18.2. The van der Waals surface area contributed by atoms with Crippen molar-refractivity contribution in [2.45, 2.75) is 13.0 Å². The average molecular weight is 355 g/mol. The summed E-state index contributed by atoms with van der Waals surface area (Å²) in [7, 11) is 1.72. The van der Waals surface area contributed by atoms with Gasteiger partial charge in [0.1, 0.15) is 18.1 Å². The Morgan fingerprint density at radius 3 is 2.46 bits per heavy atom.